The molecule has 1 fully saturated rings. The maximum atomic E-state index is 14.3. The number of benzene rings is 1. The fraction of sp³-hybridized carbons (Fsp3) is 0.500. The summed E-state index contributed by atoms with van der Waals surface area (Å²) in [6, 6.07) is 1.69. The predicted molar refractivity (Wildman–Crippen MR) is 67.2 cm³/mol. The van der Waals surface area contributed by atoms with Gasteiger partial charge >= 0.3 is 0 Å². The fourth-order valence-corrected chi connectivity index (χ4v) is 2.62. The van der Waals surface area contributed by atoms with Crippen LogP contribution in [0.2, 0.25) is 0 Å². The largest absolute Gasteiger partial charge is 0.493 e. The van der Waals surface area contributed by atoms with Gasteiger partial charge in [-0.1, -0.05) is 0 Å². The lowest BCUT2D eigenvalue weighted by atomic mass is 9.95. The third-order valence-corrected chi connectivity index (χ3v) is 4.08. The summed E-state index contributed by atoms with van der Waals surface area (Å²) in [4.78, 5) is 0. The van der Waals surface area contributed by atoms with Gasteiger partial charge < -0.3 is 15.2 Å². The molecule has 1 aromatic rings. The van der Waals surface area contributed by atoms with Crippen molar-refractivity contribution in [2.45, 2.75) is 18.3 Å². The van der Waals surface area contributed by atoms with Gasteiger partial charge in [0.25, 0.3) is 0 Å². The Morgan fingerprint density at radius 3 is 2.47 bits per heavy atom. The Hall–Kier alpha value is -0.810. The van der Waals surface area contributed by atoms with E-state index in [0.717, 1.165) is 12.8 Å². The number of hydrogen-bond donors (Lipinski definition) is 1. The molecule has 1 saturated carbocycles. The van der Waals surface area contributed by atoms with E-state index in [9.17, 15) is 4.39 Å². The maximum Gasteiger partial charge on any atom is 0.177 e. The zero-order valence-electron chi connectivity index (χ0n) is 9.85. The number of nitrogens with two attached hydrogens (primary N) is 1. The highest BCUT2D eigenvalue weighted by molar-refractivity contribution is 9.10. The van der Waals surface area contributed by atoms with E-state index < -0.39 is 0 Å². The van der Waals surface area contributed by atoms with Crippen LogP contribution in [0.1, 0.15) is 18.4 Å². The Labute approximate surface area is 108 Å². The van der Waals surface area contributed by atoms with Crippen molar-refractivity contribution in [3.63, 3.8) is 0 Å². The molecular weight excluding hydrogens is 289 g/mol. The minimum Gasteiger partial charge on any atom is -0.493 e. The molecule has 17 heavy (non-hydrogen) atoms. The van der Waals surface area contributed by atoms with Crippen LogP contribution in [0.3, 0.4) is 0 Å². The van der Waals surface area contributed by atoms with E-state index >= 15 is 0 Å². The van der Waals surface area contributed by atoms with Gasteiger partial charge in [0.15, 0.2) is 11.5 Å². The topological polar surface area (TPSA) is 44.5 Å². The molecule has 0 aromatic heterocycles. The standard InChI is InChI=1S/C12H15BrFNO2/c1-16-8-5-7(12(6-15)3-4-12)10(14)9(13)11(8)17-2/h5H,3-4,6,15H2,1-2H3. The molecule has 0 radical (unpaired) electrons. The zero-order valence-corrected chi connectivity index (χ0v) is 11.4. The molecule has 0 spiro atoms. The molecule has 1 aliphatic carbocycles. The van der Waals surface area contributed by atoms with Gasteiger partial charge in [0.2, 0.25) is 0 Å². The highest BCUT2D eigenvalue weighted by atomic mass is 79.9. The number of halogens is 2. The van der Waals surface area contributed by atoms with Crippen molar-refractivity contribution in [2.75, 3.05) is 20.8 Å². The van der Waals surface area contributed by atoms with E-state index in [0.29, 0.717) is 28.1 Å². The minimum absolute atomic E-state index is 0.216. The van der Waals surface area contributed by atoms with Crippen molar-refractivity contribution in [2.24, 2.45) is 5.73 Å². The van der Waals surface area contributed by atoms with Crippen molar-refractivity contribution < 1.29 is 13.9 Å². The number of rotatable bonds is 4. The van der Waals surface area contributed by atoms with Gasteiger partial charge in [0.05, 0.1) is 18.7 Å². The van der Waals surface area contributed by atoms with Crippen LogP contribution in [-0.4, -0.2) is 20.8 Å². The van der Waals surface area contributed by atoms with Crippen molar-refractivity contribution >= 4 is 15.9 Å². The molecule has 0 atom stereocenters. The molecule has 1 aliphatic rings. The lowest BCUT2D eigenvalue weighted by molar-refractivity contribution is 0.348. The number of hydrogen-bond acceptors (Lipinski definition) is 3. The molecule has 2 rings (SSSR count). The van der Waals surface area contributed by atoms with E-state index in [1.54, 1.807) is 6.07 Å². The van der Waals surface area contributed by atoms with Crippen molar-refractivity contribution in [1.29, 1.82) is 0 Å². The van der Waals surface area contributed by atoms with E-state index in [2.05, 4.69) is 15.9 Å². The molecule has 0 amide bonds. The van der Waals surface area contributed by atoms with Crippen LogP contribution in [0.25, 0.3) is 0 Å². The first kappa shape index (κ1) is 12.6. The predicted octanol–water partition coefficient (Wildman–Crippen LogP) is 2.60. The van der Waals surface area contributed by atoms with Crippen molar-refractivity contribution in [3.8, 4) is 11.5 Å². The first-order valence-electron chi connectivity index (χ1n) is 5.40. The first-order valence-corrected chi connectivity index (χ1v) is 6.19. The second-order valence-corrected chi connectivity index (χ2v) is 5.07. The summed E-state index contributed by atoms with van der Waals surface area (Å²) in [5.74, 6) is 0.600. The van der Waals surface area contributed by atoms with Crippen LogP contribution in [0, 0.1) is 5.82 Å². The summed E-state index contributed by atoms with van der Waals surface area (Å²) in [7, 11) is 3.02. The van der Waals surface area contributed by atoms with Gasteiger partial charge in [0.1, 0.15) is 5.82 Å². The normalized spacial score (nSPS) is 16.8. The van der Waals surface area contributed by atoms with Gasteiger partial charge in [0, 0.05) is 17.5 Å². The molecule has 0 aliphatic heterocycles. The van der Waals surface area contributed by atoms with Crippen LogP contribution in [0.4, 0.5) is 4.39 Å². The molecular formula is C12H15BrFNO2. The van der Waals surface area contributed by atoms with Gasteiger partial charge in [-0.2, -0.15) is 0 Å². The van der Waals surface area contributed by atoms with Gasteiger partial charge in [-0.3, -0.25) is 0 Å². The average molecular weight is 304 g/mol. The molecule has 1 aromatic carbocycles. The Kier molecular flexibility index (Phi) is 3.32. The van der Waals surface area contributed by atoms with Crippen molar-refractivity contribution in [1.82, 2.24) is 0 Å². The first-order chi connectivity index (χ1) is 8.09. The lowest BCUT2D eigenvalue weighted by Crippen LogP contribution is -2.21. The Balaban J connectivity index is 2.58. The van der Waals surface area contributed by atoms with E-state index in [1.165, 1.54) is 14.2 Å². The second-order valence-electron chi connectivity index (χ2n) is 4.27. The summed E-state index contributed by atoms with van der Waals surface area (Å²) in [6.07, 6.45) is 1.84. The quantitative estimate of drug-likeness (QED) is 0.930. The Morgan fingerprint density at radius 2 is 2.06 bits per heavy atom. The van der Waals surface area contributed by atoms with Crippen LogP contribution < -0.4 is 15.2 Å². The maximum absolute atomic E-state index is 14.3. The summed E-state index contributed by atoms with van der Waals surface area (Å²) in [5, 5.41) is 0. The molecule has 0 bridgehead atoms. The summed E-state index contributed by atoms with van der Waals surface area (Å²) in [5.41, 5.74) is 6.13. The van der Waals surface area contributed by atoms with Crippen LogP contribution in [0.5, 0.6) is 11.5 Å². The average Bonchev–Trinajstić information content (AvgIpc) is 3.13. The van der Waals surface area contributed by atoms with Crippen LogP contribution >= 0.6 is 15.9 Å². The second kappa shape index (κ2) is 4.46. The SMILES string of the molecule is COc1cc(C2(CN)CC2)c(F)c(Br)c1OC. The monoisotopic (exact) mass is 303 g/mol. The van der Waals surface area contributed by atoms with Gasteiger partial charge in [-0.25, -0.2) is 4.39 Å². The molecule has 0 unspecified atom stereocenters. The number of ether oxygens (including phenoxy) is 2. The molecule has 3 nitrogen and oxygen atoms in total. The lowest BCUT2D eigenvalue weighted by Gasteiger charge is -2.18. The molecule has 94 valence electrons. The highest BCUT2D eigenvalue weighted by Gasteiger charge is 2.46. The Bertz CT molecular complexity index is 447. The van der Waals surface area contributed by atoms with Crippen LogP contribution in [0.15, 0.2) is 10.5 Å². The van der Waals surface area contributed by atoms with E-state index in [-0.39, 0.29) is 11.2 Å². The third kappa shape index (κ3) is 1.91. The summed E-state index contributed by atoms with van der Waals surface area (Å²) < 4.78 is 24.9. The summed E-state index contributed by atoms with van der Waals surface area (Å²) in [6.45, 7) is 0.450. The van der Waals surface area contributed by atoms with E-state index in [4.69, 9.17) is 15.2 Å². The molecule has 2 N–H and O–H groups in total. The molecule has 5 heteroatoms. The Morgan fingerprint density at radius 1 is 1.41 bits per heavy atom. The molecule has 0 saturated heterocycles. The highest BCUT2D eigenvalue weighted by Crippen LogP contribution is 2.52. The smallest absolute Gasteiger partial charge is 0.177 e. The van der Waals surface area contributed by atoms with Gasteiger partial charge in [-0.05, 0) is 34.8 Å². The molecule has 0 heterocycles. The zero-order chi connectivity index (χ0) is 12.6. The fourth-order valence-electron chi connectivity index (χ4n) is 2.05. The minimum atomic E-state index is -0.300. The summed E-state index contributed by atoms with van der Waals surface area (Å²) >= 11 is 3.21. The third-order valence-electron chi connectivity index (χ3n) is 3.37. The van der Waals surface area contributed by atoms with E-state index in [1.807, 2.05) is 0 Å². The van der Waals surface area contributed by atoms with Crippen LogP contribution in [-0.2, 0) is 5.41 Å². The van der Waals surface area contributed by atoms with Gasteiger partial charge in [-0.15, -0.1) is 0 Å². The van der Waals surface area contributed by atoms with Crippen molar-refractivity contribution in [3.05, 3.63) is 21.9 Å². The number of methoxy groups -OCH3 is 2.